The van der Waals surface area contributed by atoms with Gasteiger partial charge in [0.25, 0.3) is 0 Å². The van der Waals surface area contributed by atoms with Crippen LogP contribution in [0.15, 0.2) is 4.99 Å². The van der Waals surface area contributed by atoms with E-state index in [9.17, 15) is 0 Å². The van der Waals surface area contributed by atoms with E-state index in [4.69, 9.17) is 4.74 Å². The Morgan fingerprint density at radius 1 is 1.43 bits per heavy atom. The molecular formula is C15H33IN4O. The molecule has 6 heteroatoms. The van der Waals surface area contributed by atoms with E-state index in [2.05, 4.69) is 41.4 Å². The maximum atomic E-state index is 5.74. The van der Waals surface area contributed by atoms with Gasteiger partial charge in [0.1, 0.15) is 0 Å². The van der Waals surface area contributed by atoms with Crippen molar-refractivity contribution in [3.05, 3.63) is 0 Å². The molecule has 0 aromatic carbocycles. The number of halogens is 1. The zero-order valence-electron chi connectivity index (χ0n) is 14.0. The van der Waals surface area contributed by atoms with Crippen LogP contribution >= 0.6 is 24.0 Å². The highest BCUT2D eigenvalue weighted by atomic mass is 127. The molecular weight excluding hydrogens is 379 g/mol. The normalized spacial score (nSPS) is 21.5. The molecule has 0 aromatic rings. The first-order valence-electron chi connectivity index (χ1n) is 7.93. The summed E-state index contributed by atoms with van der Waals surface area (Å²) in [7, 11) is 3.96. The molecule has 0 amide bonds. The molecule has 21 heavy (non-hydrogen) atoms. The summed E-state index contributed by atoms with van der Waals surface area (Å²) >= 11 is 0. The molecule has 1 fully saturated rings. The largest absolute Gasteiger partial charge is 0.374 e. The Morgan fingerprint density at radius 2 is 2.19 bits per heavy atom. The molecule has 2 atom stereocenters. The van der Waals surface area contributed by atoms with Crippen molar-refractivity contribution >= 4 is 29.9 Å². The maximum absolute atomic E-state index is 5.74. The highest BCUT2D eigenvalue weighted by Crippen LogP contribution is 2.03. The average molecular weight is 412 g/mol. The van der Waals surface area contributed by atoms with Crippen LogP contribution in [0.5, 0.6) is 0 Å². The van der Waals surface area contributed by atoms with Crippen LogP contribution in [-0.4, -0.2) is 63.3 Å². The Labute approximate surface area is 147 Å². The van der Waals surface area contributed by atoms with Crippen molar-refractivity contribution < 1.29 is 4.74 Å². The lowest BCUT2D eigenvalue weighted by Gasteiger charge is -2.30. The molecule has 1 saturated heterocycles. The maximum Gasteiger partial charge on any atom is 0.191 e. The van der Waals surface area contributed by atoms with Crippen molar-refractivity contribution in [2.24, 2.45) is 4.99 Å². The fourth-order valence-electron chi connectivity index (χ4n) is 2.40. The van der Waals surface area contributed by atoms with Crippen molar-refractivity contribution in [2.75, 3.05) is 40.3 Å². The summed E-state index contributed by atoms with van der Waals surface area (Å²) in [4.78, 5) is 6.59. The summed E-state index contributed by atoms with van der Waals surface area (Å²) in [6.45, 7) is 8.09. The van der Waals surface area contributed by atoms with Crippen LogP contribution in [0.2, 0.25) is 0 Å². The third kappa shape index (κ3) is 9.52. The lowest BCUT2D eigenvalue weighted by atomic mass is 10.1. The predicted molar refractivity (Wildman–Crippen MR) is 101 cm³/mol. The smallest absolute Gasteiger partial charge is 0.191 e. The lowest BCUT2D eigenvalue weighted by Crippen LogP contribution is -2.49. The van der Waals surface area contributed by atoms with Gasteiger partial charge in [-0.1, -0.05) is 26.2 Å². The highest BCUT2D eigenvalue weighted by Gasteiger charge is 2.17. The second-order valence-electron chi connectivity index (χ2n) is 5.75. The second-order valence-corrected chi connectivity index (χ2v) is 5.75. The van der Waals surface area contributed by atoms with E-state index in [1.807, 2.05) is 7.05 Å². The number of guanidine groups is 1. The van der Waals surface area contributed by atoms with E-state index in [1.165, 1.54) is 25.7 Å². The van der Waals surface area contributed by atoms with Gasteiger partial charge < -0.3 is 20.3 Å². The number of rotatable bonds is 7. The fraction of sp³-hybridized carbons (Fsp3) is 0.933. The minimum atomic E-state index is 0. The lowest BCUT2D eigenvalue weighted by molar-refractivity contribution is -0.0161. The molecule has 0 bridgehead atoms. The van der Waals surface area contributed by atoms with Gasteiger partial charge >= 0.3 is 0 Å². The summed E-state index contributed by atoms with van der Waals surface area (Å²) in [6, 6.07) is 0.461. The summed E-state index contributed by atoms with van der Waals surface area (Å²) in [5.74, 6) is 0.880. The van der Waals surface area contributed by atoms with Gasteiger partial charge in [0.2, 0.25) is 0 Å². The SMILES string of the molecule is CCCCCC(C)NC(=NC)NCC1CN(C)CCO1.I. The molecule has 1 aliphatic rings. The molecule has 0 aromatic heterocycles. The van der Waals surface area contributed by atoms with E-state index in [-0.39, 0.29) is 30.1 Å². The Hall–Kier alpha value is -0.0800. The summed E-state index contributed by atoms with van der Waals surface area (Å²) in [5.41, 5.74) is 0. The minimum Gasteiger partial charge on any atom is -0.374 e. The molecule has 2 N–H and O–H groups in total. The molecule has 2 unspecified atom stereocenters. The standard InChI is InChI=1S/C15H32N4O.HI/c1-5-6-7-8-13(2)18-15(16-3)17-11-14-12-19(4)9-10-20-14;/h13-14H,5-12H2,1-4H3,(H2,16,17,18);1H. The topological polar surface area (TPSA) is 48.9 Å². The van der Waals surface area contributed by atoms with Gasteiger partial charge in [0.05, 0.1) is 12.7 Å². The van der Waals surface area contributed by atoms with E-state index >= 15 is 0 Å². The summed E-state index contributed by atoms with van der Waals surface area (Å²) in [6.07, 6.45) is 5.30. The van der Waals surface area contributed by atoms with Crippen LogP contribution in [0.3, 0.4) is 0 Å². The first-order chi connectivity index (χ1) is 9.65. The summed E-state index contributed by atoms with van der Waals surface area (Å²) < 4.78 is 5.74. The zero-order valence-corrected chi connectivity index (χ0v) is 16.4. The number of likely N-dealkylation sites (N-methyl/N-ethyl adjacent to an activating group) is 1. The number of morpholine rings is 1. The predicted octanol–water partition coefficient (Wildman–Crippen LogP) is 2.07. The van der Waals surface area contributed by atoms with Crippen LogP contribution in [0, 0.1) is 0 Å². The molecule has 1 heterocycles. The third-order valence-electron chi connectivity index (χ3n) is 3.69. The van der Waals surface area contributed by atoms with E-state index in [1.54, 1.807) is 0 Å². The Balaban J connectivity index is 0.00000400. The third-order valence-corrected chi connectivity index (χ3v) is 3.69. The molecule has 1 rings (SSSR count). The molecule has 0 spiro atoms. The van der Waals surface area contributed by atoms with Crippen LogP contribution in [-0.2, 0) is 4.74 Å². The number of nitrogens with zero attached hydrogens (tertiary/aromatic N) is 2. The number of nitrogens with one attached hydrogen (secondary N) is 2. The van der Waals surface area contributed by atoms with Crippen LogP contribution < -0.4 is 10.6 Å². The Kier molecular flexibility index (Phi) is 12.4. The number of aliphatic imine (C=N–C) groups is 1. The van der Waals surface area contributed by atoms with Gasteiger partial charge in [0.15, 0.2) is 5.96 Å². The molecule has 0 aliphatic carbocycles. The number of ether oxygens (including phenoxy) is 1. The molecule has 0 radical (unpaired) electrons. The number of unbranched alkanes of at least 4 members (excludes halogenated alkanes) is 2. The van der Waals surface area contributed by atoms with E-state index in [0.717, 1.165) is 32.2 Å². The van der Waals surface area contributed by atoms with Gasteiger partial charge in [-0.15, -0.1) is 24.0 Å². The van der Waals surface area contributed by atoms with Crippen LogP contribution in [0.1, 0.15) is 39.5 Å². The van der Waals surface area contributed by atoms with E-state index < -0.39 is 0 Å². The molecule has 1 aliphatic heterocycles. The second kappa shape index (κ2) is 12.5. The number of hydrogen-bond donors (Lipinski definition) is 2. The van der Waals surface area contributed by atoms with Crippen LogP contribution in [0.4, 0.5) is 0 Å². The van der Waals surface area contributed by atoms with Gasteiger partial charge in [-0.3, -0.25) is 4.99 Å². The fourth-order valence-corrected chi connectivity index (χ4v) is 2.40. The quantitative estimate of drug-likeness (QED) is 0.291. The van der Waals surface area contributed by atoms with Gasteiger partial charge in [-0.05, 0) is 20.4 Å². The summed E-state index contributed by atoms with van der Waals surface area (Å²) in [5, 5.41) is 6.81. The van der Waals surface area contributed by atoms with Crippen molar-refractivity contribution in [2.45, 2.75) is 51.7 Å². The monoisotopic (exact) mass is 412 g/mol. The average Bonchev–Trinajstić information content (AvgIpc) is 2.44. The number of hydrogen-bond acceptors (Lipinski definition) is 3. The van der Waals surface area contributed by atoms with Gasteiger partial charge in [-0.2, -0.15) is 0 Å². The van der Waals surface area contributed by atoms with Crippen molar-refractivity contribution in [1.82, 2.24) is 15.5 Å². The van der Waals surface area contributed by atoms with Crippen molar-refractivity contribution in [3.63, 3.8) is 0 Å². The van der Waals surface area contributed by atoms with Gasteiger partial charge in [0, 0.05) is 32.7 Å². The molecule has 5 nitrogen and oxygen atoms in total. The van der Waals surface area contributed by atoms with Crippen LogP contribution in [0.25, 0.3) is 0 Å². The van der Waals surface area contributed by atoms with E-state index in [0.29, 0.717) is 6.04 Å². The van der Waals surface area contributed by atoms with Crippen molar-refractivity contribution in [3.8, 4) is 0 Å². The first kappa shape index (κ1) is 20.9. The Bertz CT molecular complexity index is 289. The minimum absolute atomic E-state index is 0. The van der Waals surface area contributed by atoms with Gasteiger partial charge in [-0.25, -0.2) is 0 Å². The Morgan fingerprint density at radius 3 is 2.81 bits per heavy atom. The molecule has 0 saturated carbocycles. The zero-order chi connectivity index (χ0) is 14.8. The van der Waals surface area contributed by atoms with Crippen molar-refractivity contribution in [1.29, 1.82) is 0 Å². The molecule has 126 valence electrons. The first-order valence-corrected chi connectivity index (χ1v) is 7.93. The highest BCUT2D eigenvalue weighted by molar-refractivity contribution is 14.0.